The van der Waals surface area contributed by atoms with Crippen LogP contribution in [0.25, 0.3) is 0 Å². The average molecular weight is 172 g/mol. The van der Waals surface area contributed by atoms with Gasteiger partial charge < -0.3 is 9.84 Å². The summed E-state index contributed by atoms with van der Waals surface area (Å²) in [6.45, 7) is 4.01. The molecule has 0 fully saturated rings. The molecular weight excluding hydrogens is 156 g/mol. The van der Waals surface area contributed by atoms with Crippen molar-refractivity contribution in [3.63, 3.8) is 0 Å². The van der Waals surface area contributed by atoms with E-state index in [0.717, 1.165) is 12.8 Å². The van der Waals surface area contributed by atoms with Crippen molar-refractivity contribution in [2.45, 2.75) is 26.7 Å². The van der Waals surface area contributed by atoms with Crippen molar-refractivity contribution in [1.29, 1.82) is 0 Å². The second-order valence-corrected chi connectivity index (χ2v) is 2.56. The molecule has 0 radical (unpaired) electrons. The first-order valence-corrected chi connectivity index (χ1v) is 4.17. The van der Waals surface area contributed by atoms with Crippen LogP contribution in [0.2, 0.25) is 0 Å². The molecule has 1 N–H and O–H groups in total. The first-order chi connectivity index (χ1) is 5.72. The van der Waals surface area contributed by atoms with Crippen LogP contribution in [0.3, 0.4) is 0 Å². The maximum absolute atomic E-state index is 11.0. The lowest BCUT2D eigenvalue weighted by atomic mass is 10.3. The summed E-state index contributed by atoms with van der Waals surface area (Å²) in [5, 5.41) is 8.47. The Morgan fingerprint density at radius 3 is 2.75 bits per heavy atom. The second kappa shape index (κ2) is 6.85. The predicted octanol–water partition coefficient (Wildman–Crippen LogP) is 1.27. The molecule has 0 bridgehead atoms. The number of hydrogen-bond acceptors (Lipinski definition) is 3. The molecule has 0 rings (SSSR count). The molecule has 0 aromatic carbocycles. The summed E-state index contributed by atoms with van der Waals surface area (Å²) >= 11 is 0. The fourth-order valence-corrected chi connectivity index (χ4v) is 0.643. The SMILES string of the molecule is CCCCOC(=O)/C(C)=C/CO. The summed E-state index contributed by atoms with van der Waals surface area (Å²) in [5.41, 5.74) is 0.466. The van der Waals surface area contributed by atoms with Crippen molar-refractivity contribution < 1.29 is 14.6 Å². The van der Waals surface area contributed by atoms with E-state index < -0.39 is 0 Å². The summed E-state index contributed by atoms with van der Waals surface area (Å²) in [6, 6.07) is 0. The Labute approximate surface area is 73.0 Å². The van der Waals surface area contributed by atoms with E-state index in [1.54, 1.807) is 6.92 Å². The predicted molar refractivity (Wildman–Crippen MR) is 46.7 cm³/mol. The Hall–Kier alpha value is -0.830. The Balaban J connectivity index is 3.64. The van der Waals surface area contributed by atoms with E-state index in [0.29, 0.717) is 12.2 Å². The van der Waals surface area contributed by atoms with Gasteiger partial charge in [0.05, 0.1) is 13.2 Å². The first-order valence-electron chi connectivity index (χ1n) is 4.17. The number of aliphatic hydroxyl groups excluding tert-OH is 1. The van der Waals surface area contributed by atoms with Gasteiger partial charge in [-0.05, 0) is 19.4 Å². The molecule has 0 atom stereocenters. The number of hydrogen-bond donors (Lipinski definition) is 1. The van der Waals surface area contributed by atoms with Crippen LogP contribution in [0.15, 0.2) is 11.6 Å². The van der Waals surface area contributed by atoms with Crippen molar-refractivity contribution in [2.24, 2.45) is 0 Å². The molecule has 0 aliphatic rings. The van der Waals surface area contributed by atoms with Gasteiger partial charge in [-0.15, -0.1) is 0 Å². The number of ether oxygens (including phenoxy) is 1. The smallest absolute Gasteiger partial charge is 0.333 e. The monoisotopic (exact) mass is 172 g/mol. The second-order valence-electron chi connectivity index (χ2n) is 2.56. The molecule has 0 aromatic heterocycles. The lowest BCUT2D eigenvalue weighted by Crippen LogP contribution is -2.07. The van der Waals surface area contributed by atoms with Gasteiger partial charge in [0.15, 0.2) is 0 Å². The van der Waals surface area contributed by atoms with Crippen LogP contribution in [0, 0.1) is 0 Å². The minimum Gasteiger partial charge on any atom is -0.462 e. The van der Waals surface area contributed by atoms with Crippen LogP contribution >= 0.6 is 0 Å². The molecule has 0 aromatic rings. The summed E-state index contributed by atoms with van der Waals surface area (Å²) < 4.78 is 4.88. The Kier molecular flexibility index (Phi) is 6.38. The third kappa shape index (κ3) is 4.91. The molecule has 0 unspecified atom stereocenters. The number of unbranched alkanes of at least 4 members (excludes halogenated alkanes) is 1. The van der Waals surface area contributed by atoms with Crippen LogP contribution in [-0.4, -0.2) is 24.3 Å². The van der Waals surface area contributed by atoms with Crippen molar-refractivity contribution in [1.82, 2.24) is 0 Å². The van der Waals surface area contributed by atoms with Crippen molar-refractivity contribution in [3.8, 4) is 0 Å². The van der Waals surface area contributed by atoms with Gasteiger partial charge in [0.25, 0.3) is 0 Å². The number of carbonyl (C=O) groups is 1. The highest BCUT2D eigenvalue weighted by Gasteiger charge is 2.03. The number of carbonyl (C=O) groups excluding carboxylic acids is 1. The molecule has 0 spiro atoms. The zero-order chi connectivity index (χ0) is 9.40. The Morgan fingerprint density at radius 1 is 1.58 bits per heavy atom. The van der Waals surface area contributed by atoms with E-state index in [1.165, 1.54) is 6.08 Å². The van der Waals surface area contributed by atoms with E-state index in [9.17, 15) is 4.79 Å². The van der Waals surface area contributed by atoms with Gasteiger partial charge in [-0.1, -0.05) is 13.3 Å². The van der Waals surface area contributed by atoms with Crippen LogP contribution in [0.1, 0.15) is 26.7 Å². The van der Waals surface area contributed by atoms with Crippen molar-refractivity contribution in [3.05, 3.63) is 11.6 Å². The van der Waals surface area contributed by atoms with E-state index in [2.05, 4.69) is 0 Å². The van der Waals surface area contributed by atoms with Gasteiger partial charge in [-0.25, -0.2) is 4.79 Å². The summed E-state index contributed by atoms with van der Waals surface area (Å²) in [4.78, 5) is 11.0. The fourth-order valence-electron chi connectivity index (χ4n) is 0.643. The van der Waals surface area contributed by atoms with Gasteiger partial charge in [0.1, 0.15) is 0 Å². The van der Waals surface area contributed by atoms with E-state index in [-0.39, 0.29) is 12.6 Å². The summed E-state index contributed by atoms with van der Waals surface area (Å²) in [7, 11) is 0. The molecule has 12 heavy (non-hydrogen) atoms. The van der Waals surface area contributed by atoms with Crippen LogP contribution in [0.5, 0.6) is 0 Å². The summed E-state index contributed by atoms with van der Waals surface area (Å²) in [6.07, 6.45) is 3.34. The van der Waals surface area contributed by atoms with E-state index in [4.69, 9.17) is 9.84 Å². The standard InChI is InChI=1S/C9H16O3/c1-3-4-7-12-9(11)8(2)5-6-10/h5,10H,3-4,6-7H2,1-2H3/b8-5+. The normalized spacial score (nSPS) is 11.4. The molecule has 3 nitrogen and oxygen atoms in total. The first kappa shape index (κ1) is 11.2. The zero-order valence-electron chi connectivity index (χ0n) is 7.67. The third-order valence-electron chi connectivity index (χ3n) is 1.45. The molecule has 0 aliphatic heterocycles. The third-order valence-corrected chi connectivity index (χ3v) is 1.45. The molecule has 0 saturated carbocycles. The van der Waals surface area contributed by atoms with E-state index in [1.807, 2.05) is 6.92 Å². The Morgan fingerprint density at radius 2 is 2.25 bits per heavy atom. The largest absolute Gasteiger partial charge is 0.462 e. The molecule has 0 amide bonds. The summed E-state index contributed by atoms with van der Waals surface area (Å²) in [5.74, 6) is -0.336. The van der Waals surface area contributed by atoms with Crippen molar-refractivity contribution >= 4 is 5.97 Å². The highest BCUT2D eigenvalue weighted by Crippen LogP contribution is 1.97. The molecule has 0 heterocycles. The average Bonchev–Trinajstić information content (AvgIpc) is 2.05. The number of aliphatic hydroxyl groups is 1. The highest BCUT2D eigenvalue weighted by molar-refractivity contribution is 5.87. The fraction of sp³-hybridized carbons (Fsp3) is 0.667. The minimum atomic E-state index is -0.336. The highest BCUT2D eigenvalue weighted by atomic mass is 16.5. The molecular formula is C9H16O3. The van der Waals surface area contributed by atoms with Gasteiger partial charge in [-0.2, -0.15) is 0 Å². The van der Waals surface area contributed by atoms with Crippen LogP contribution < -0.4 is 0 Å². The minimum absolute atomic E-state index is 0.116. The van der Waals surface area contributed by atoms with Crippen molar-refractivity contribution in [2.75, 3.05) is 13.2 Å². The van der Waals surface area contributed by atoms with Crippen LogP contribution in [0.4, 0.5) is 0 Å². The number of rotatable bonds is 5. The van der Waals surface area contributed by atoms with Crippen LogP contribution in [-0.2, 0) is 9.53 Å². The maximum atomic E-state index is 11.0. The Bertz CT molecular complexity index is 161. The molecule has 0 aliphatic carbocycles. The van der Waals surface area contributed by atoms with E-state index >= 15 is 0 Å². The lowest BCUT2D eigenvalue weighted by molar-refractivity contribution is -0.139. The number of esters is 1. The molecule has 3 heteroatoms. The molecule has 70 valence electrons. The van der Waals surface area contributed by atoms with Gasteiger partial charge in [-0.3, -0.25) is 0 Å². The zero-order valence-corrected chi connectivity index (χ0v) is 7.67. The van der Waals surface area contributed by atoms with Gasteiger partial charge >= 0.3 is 5.97 Å². The lowest BCUT2D eigenvalue weighted by Gasteiger charge is -2.02. The molecule has 0 saturated heterocycles. The van der Waals surface area contributed by atoms with Gasteiger partial charge in [0, 0.05) is 5.57 Å². The quantitative estimate of drug-likeness (QED) is 0.386. The van der Waals surface area contributed by atoms with Gasteiger partial charge in [0.2, 0.25) is 0 Å². The maximum Gasteiger partial charge on any atom is 0.333 e. The topological polar surface area (TPSA) is 46.5 Å².